The number of amides is 1. The van der Waals surface area contributed by atoms with E-state index in [-0.39, 0.29) is 41.5 Å². The average Bonchev–Trinajstić information content (AvgIpc) is 2.96. The second kappa shape index (κ2) is 11.3. The number of aryl methyl sites for hydroxylation is 2. The average molecular weight is 598 g/mol. The van der Waals surface area contributed by atoms with Gasteiger partial charge in [-0.3, -0.25) is 4.79 Å². The Hall–Kier alpha value is -3.09. The highest BCUT2D eigenvalue weighted by molar-refractivity contribution is 7.89. The van der Waals surface area contributed by atoms with Crippen molar-refractivity contribution in [3.05, 3.63) is 88.0 Å². The van der Waals surface area contributed by atoms with Crippen LogP contribution in [-0.2, 0) is 42.5 Å². The number of carbonyl (C=O) groups is 1. The largest absolute Gasteiger partial charge is 0.379 e. The van der Waals surface area contributed by atoms with Crippen LogP contribution in [-0.4, -0.2) is 63.7 Å². The molecule has 0 unspecified atom stereocenters. The van der Waals surface area contributed by atoms with Crippen LogP contribution < -0.4 is 5.32 Å². The van der Waals surface area contributed by atoms with E-state index < -0.39 is 32.0 Å². The first-order valence-corrected chi connectivity index (χ1v) is 16.4. The molecule has 3 aromatic rings. The van der Waals surface area contributed by atoms with Crippen molar-refractivity contribution in [2.45, 2.75) is 56.5 Å². The molecule has 2 aliphatic heterocycles. The Labute approximate surface area is 242 Å². The molecule has 3 aromatic carbocycles. The number of carbonyl (C=O) groups excluding carboxylic acids is 1. The monoisotopic (exact) mass is 597 g/mol. The third-order valence-electron chi connectivity index (χ3n) is 8.08. The predicted octanol–water partition coefficient (Wildman–Crippen LogP) is 3.70. The number of morpholine rings is 1. The summed E-state index contributed by atoms with van der Waals surface area (Å²) >= 11 is 0. The Morgan fingerprint density at radius 3 is 2.12 bits per heavy atom. The van der Waals surface area contributed by atoms with Crippen LogP contribution in [0.2, 0.25) is 0 Å². The fraction of sp³-hybridized carbons (Fsp3) is 0.367. The summed E-state index contributed by atoms with van der Waals surface area (Å²) in [6, 6.07) is 14.5. The second-order valence-corrected chi connectivity index (χ2v) is 14.4. The van der Waals surface area contributed by atoms with Crippen molar-refractivity contribution >= 4 is 31.6 Å². The summed E-state index contributed by atoms with van der Waals surface area (Å²) in [6.45, 7) is 8.56. The second-order valence-electron chi connectivity index (χ2n) is 10.7. The van der Waals surface area contributed by atoms with Gasteiger partial charge in [0.25, 0.3) is 0 Å². The Morgan fingerprint density at radius 1 is 0.829 bits per heavy atom. The highest BCUT2D eigenvalue weighted by Crippen LogP contribution is 2.34. The van der Waals surface area contributed by atoms with Gasteiger partial charge in [-0.25, -0.2) is 16.8 Å². The third-order valence-corrected chi connectivity index (χ3v) is 12.1. The Morgan fingerprint density at radius 2 is 1.46 bits per heavy atom. The summed E-state index contributed by atoms with van der Waals surface area (Å²) in [4.78, 5) is 14.1. The Balaban J connectivity index is 1.50. The molecule has 9 nitrogen and oxygen atoms in total. The first kappa shape index (κ1) is 29.4. The van der Waals surface area contributed by atoms with Gasteiger partial charge >= 0.3 is 0 Å². The third kappa shape index (κ3) is 5.56. The lowest BCUT2D eigenvalue weighted by Gasteiger charge is -2.36. The molecule has 0 aliphatic carbocycles. The smallest absolute Gasteiger partial charge is 0.244 e. The van der Waals surface area contributed by atoms with Crippen molar-refractivity contribution in [2.75, 3.05) is 31.6 Å². The highest BCUT2D eigenvalue weighted by Gasteiger charge is 2.41. The lowest BCUT2D eigenvalue weighted by molar-refractivity contribution is -0.120. The number of hydrogen-bond donors (Lipinski definition) is 1. The van der Waals surface area contributed by atoms with Crippen LogP contribution in [0.25, 0.3) is 0 Å². The molecule has 11 heteroatoms. The minimum Gasteiger partial charge on any atom is -0.379 e. The zero-order valence-electron chi connectivity index (χ0n) is 23.7. The van der Waals surface area contributed by atoms with E-state index in [1.807, 2.05) is 44.2 Å². The zero-order chi connectivity index (χ0) is 29.5. The quantitative estimate of drug-likeness (QED) is 0.464. The van der Waals surface area contributed by atoms with Crippen LogP contribution in [0.15, 0.2) is 64.4 Å². The molecule has 1 N–H and O–H groups in total. The number of rotatable bonds is 6. The Bertz CT molecular complexity index is 1690. The van der Waals surface area contributed by atoms with Crippen molar-refractivity contribution in [3.63, 3.8) is 0 Å². The fourth-order valence-electron chi connectivity index (χ4n) is 5.56. The Kier molecular flexibility index (Phi) is 8.10. The molecule has 1 saturated heterocycles. The first-order chi connectivity index (χ1) is 19.4. The molecular formula is C30H35N3O6S2. The molecule has 1 atom stereocenters. The van der Waals surface area contributed by atoms with E-state index in [1.54, 1.807) is 26.0 Å². The van der Waals surface area contributed by atoms with Crippen molar-refractivity contribution in [3.8, 4) is 0 Å². The van der Waals surface area contributed by atoms with Crippen molar-refractivity contribution < 1.29 is 26.4 Å². The molecule has 0 bridgehead atoms. The summed E-state index contributed by atoms with van der Waals surface area (Å²) in [7, 11) is -7.86. The van der Waals surface area contributed by atoms with Gasteiger partial charge in [-0.1, -0.05) is 36.4 Å². The molecule has 0 radical (unpaired) electrons. The van der Waals surface area contributed by atoms with Gasteiger partial charge in [0.15, 0.2) is 0 Å². The van der Waals surface area contributed by atoms with Crippen LogP contribution in [0.5, 0.6) is 0 Å². The van der Waals surface area contributed by atoms with Gasteiger partial charge in [0.1, 0.15) is 6.04 Å². The topological polar surface area (TPSA) is 113 Å². The lowest BCUT2D eigenvalue weighted by Crippen LogP contribution is -2.50. The number of fused-ring (bicyclic) bond motifs is 1. The molecule has 1 amide bonds. The normalized spacial score (nSPS) is 18.6. The molecule has 2 aliphatic rings. The summed E-state index contributed by atoms with van der Waals surface area (Å²) in [6.07, 6.45) is 0.190. The van der Waals surface area contributed by atoms with Crippen LogP contribution >= 0.6 is 0 Å². The van der Waals surface area contributed by atoms with Gasteiger partial charge in [-0.2, -0.15) is 8.61 Å². The number of nitrogens with one attached hydrogen (secondary N) is 1. The van der Waals surface area contributed by atoms with Gasteiger partial charge in [-0.05, 0) is 85.7 Å². The van der Waals surface area contributed by atoms with Gasteiger partial charge in [0.05, 0.1) is 23.0 Å². The number of nitrogens with zero attached hydrogens (tertiary/aromatic N) is 2. The van der Waals surface area contributed by atoms with Crippen LogP contribution in [0.3, 0.4) is 0 Å². The number of anilines is 1. The number of benzene rings is 3. The zero-order valence-corrected chi connectivity index (χ0v) is 25.3. The molecule has 218 valence electrons. The van der Waals surface area contributed by atoms with Crippen LogP contribution in [0.1, 0.15) is 33.4 Å². The summed E-state index contributed by atoms with van der Waals surface area (Å²) < 4.78 is 63.0. The van der Waals surface area contributed by atoms with Gasteiger partial charge in [-0.15, -0.1) is 0 Å². The molecule has 0 saturated carbocycles. The molecular weight excluding hydrogens is 562 g/mol. The molecule has 5 rings (SSSR count). The van der Waals surface area contributed by atoms with Crippen molar-refractivity contribution in [2.24, 2.45) is 0 Å². The van der Waals surface area contributed by atoms with Gasteiger partial charge < -0.3 is 10.1 Å². The summed E-state index contributed by atoms with van der Waals surface area (Å²) in [5.41, 5.74) is 5.07. The maximum Gasteiger partial charge on any atom is 0.244 e. The fourth-order valence-corrected chi connectivity index (χ4v) is 9.15. The molecule has 0 aromatic heterocycles. The lowest BCUT2D eigenvalue weighted by atomic mass is 9.95. The SMILES string of the molecule is Cc1cc(C)c(C)c(S(=O)(=O)N2Cc3ccccc3C[C@@H]2C(=O)Nc2cccc(S(=O)(=O)N3CCOCC3)c2)c1C. The molecule has 1 fully saturated rings. The van der Waals surface area contributed by atoms with E-state index in [1.165, 1.54) is 20.7 Å². The maximum absolute atomic E-state index is 14.3. The van der Waals surface area contributed by atoms with Crippen LogP contribution in [0.4, 0.5) is 5.69 Å². The van der Waals surface area contributed by atoms with E-state index in [9.17, 15) is 21.6 Å². The first-order valence-electron chi connectivity index (χ1n) is 13.6. The predicted molar refractivity (Wildman–Crippen MR) is 157 cm³/mol. The molecule has 0 spiro atoms. The molecule has 41 heavy (non-hydrogen) atoms. The van der Waals surface area contributed by atoms with Crippen molar-refractivity contribution in [1.82, 2.24) is 8.61 Å². The van der Waals surface area contributed by atoms with Crippen LogP contribution in [0, 0.1) is 27.7 Å². The number of ether oxygens (including phenoxy) is 1. The highest BCUT2D eigenvalue weighted by atomic mass is 32.2. The standard InChI is InChI=1S/C30H35N3O6S2/c1-20-16-21(2)23(4)29(22(20)3)41(37,38)33-19-25-9-6-5-8-24(25)17-28(33)30(34)31-26-10-7-11-27(18-26)40(35,36)32-12-14-39-15-13-32/h5-11,16,18,28H,12-15,17,19H2,1-4H3,(H,31,34)/t28-/m1/s1. The number of sulfonamides is 2. The van der Waals surface area contributed by atoms with Gasteiger partial charge in [0.2, 0.25) is 26.0 Å². The van der Waals surface area contributed by atoms with E-state index in [4.69, 9.17) is 4.74 Å². The van der Waals surface area contributed by atoms with Gasteiger partial charge in [0, 0.05) is 25.3 Å². The number of hydrogen-bond acceptors (Lipinski definition) is 6. The van der Waals surface area contributed by atoms with E-state index in [0.717, 1.165) is 22.3 Å². The minimum absolute atomic E-state index is 0.0495. The maximum atomic E-state index is 14.3. The summed E-state index contributed by atoms with van der Waals surface area (Å²) in [5.74, 6) is -0.524. The van der Waals surface area contributed by atoms with E-state index in [2.05, 4.69) is 5.32 Å². The molecule has 2 heterocycles. The van der Waals surface area contributed by atoms with Crippen molar-refractivity contribution in [1.29, 1.82) is 0 Å². The van der Waals surface area contributed by atoms with E-state index >= 15 is 0 Å². The van der Waals surface area contributed by atoms with E-state index in [0.29, 0.717) is 24.3 Å². The summed E-state index contributed by atoms with van der Waals surface area (Å²) in [5, 5.41) is 2.81. The minimum atomic E-state index is -4.09.